The Hall–Kier alpha value is -1.19. The molecule has 1 heterocycles. The van der Waals surface area contributed by atoms with Crippen LogP contribution < -0.4 is 0 Å². The topological polar surface area (TPSA) is 30.0 Å². The maximum atomic E-state index is 12.2. The molecule has 0 bridgehead atoms. The molecule has 0 unspecified atom stereocenters. The van der Waals surface area contributed by atoms with Crippen molar-refractivity contribution in [2.24, 2.45) is 5.41 Å². The lowest BCUT2D eigenvalue weighted by Gasteiger charge is -2.26. The normalized spacial score (nSPS) is 17.1. The van der Waals surface area contributed by atoms with Crippen molar-refractivity contribution in [3.8, 4) is 0 Å². The minimum absolute atomic E-state index is 0.0276. The highest BCUT2D eigenvalue weighted by Crippen LogP contribution is 2.37. The van der Waals surface area contributed by atoms with Crippen LogP contribution in [0.25, 0.3) is 0 Å². The second kappa shape index (κ2) is 4.97. The first kappa shape index (κ1) is 13.8. The maximum Gasteiger partial charge on any atom is 0.175 e. The molecule has 20 heavy (non-hydrogen) atoms. The molecule has 1 aliphatic rings. The summed E-state index contributed by atoms with van der Waals surface area (Å²) in [5.74, 6) is 0.235. The summed E-state index contributed by atoms with van der Waals surface area (Å²) in [6.07, 6.45) is 2.20. The summed E-state index contributed by atoms with van der Waals surface area (Å²) in [6, 6.07) is 7.79. The lowest BCUT2D eigenvalue weighted by Crippen LogP contribution is -2.26. The van der Waals surface area contributed by atoms with Crippen LogP contribution in [0.3, 0.4) is 0 Å². The number of rotatable bonds is 2. The largest absolute Gasteiger partial charge is 0.293 e. The van der Waals surface area contributed by atoms with Crippen LogP contribution in [0.15, 0.2) is 24.3 Å². The van der Waals surface area contributed by atoms with Crippen molar-refractivity contribution in [3.63, 3.8) is 0 Å². The third kappa shape index (κ3) is 2.65. The number of halogens is 1. The fourth-order valence-corrected chi connectivity index (χ4v) is 3.89. The van der Waals surface area contributed by atoms with Crippen molar-refractivity contribution >= 4 is 28.7 Å². The van der Waals surface area contributed by atoms with Crippen LogP contribution >= 0.6 is 22.9 Å². The number of benzene rings is 1. The third-order valence-corrected chi connectivity index (χ3v) is 5.09. The molecular formula is C16H16ClNOS. The molecule has 1 aromatic carbocycles. The Morgan fingerprint density at radius 3 is 2.80 bits per heavy atom. The molecule has 0 atom stereocenters. The van der Waals surface area contributed by atoms with E-state index in [-0.39, 0.29) is 11.2 Å². The quantitative estimate of drug-likeness (QED) is 0.815. The summed E-state index contributed by atoms with van der Waals surface area (Å²) in [6.45, 7) is 4.25. The van der Waals surface area contributed by atoms with Crippen LogP contribution in [0.1, 0.15) is 46.2 Å². The average Bonchev–Trinajstić information content (AvgIpc) is 2.73. The lowest BCUT2D eigenvalue weighted by atomic mass is 9.78. The summed E-state index contributed by atoms with van der Waals surface area (Å²) in [5, 5.41) is 1.74. The van der Waals surface area contributed by atoms with Gasteiger partial charge in [0.2, 0.25) is 0 Å². The highest BCUT2D eigenvalue weighted by atomic mass is 35.5. The smallest absolute Gasteiger partial charge is 0.175 e. The Morgan fingerprint density at radius 1 is 1.30 bits per heavy atom. The third-order valence-electron chi connectivity index (χ3n) is 3.58. The number of fused-ring (bicyclic) bond motifs is 1. The van der Waals surface area contributed by atoms with E-state index in [9.17, 15) is 4.79 Å². The zero-order valence-electron chi connectivity index (χ0n) is 11.6. The number of ketones is 1. The van der Waals surface area contributed by atoms with Gasteiger partial charge in [-0.1, -0.05) is 43.6 Å². The number of hydrogen-bond donors (Lipinski definition) is 0. The Kier molecular flexibility index (Phi) is 3.43. The second-order valence-electron chi connectivity index (χ2n) is 6.09. The van der Waals surface area contributed by atoms with E-state index in [4.69, 9.17) is 11.6 Å². The molecule has 2 aromatic rings. The van der Waals surface area contributed by atoms with Gasteiger partial charge in [0, 0.05) is 17.9 Å². The maximum absolute atomic E-state index is 12.2. The Bertz CT molecular complexity index is 675. The SMILES string of the molecule is CC1(C)CC(=O)c2sc(Cc3ccccc3Cl)nc2C1. The molecule has 104 valence electrons. The van der Waals surface area contributed by atoms with Crippen molar-refractivity contribution in [1.29, 1.82) is 0 Å². The number of aromatic nitrogens is 1. The average molecular weight is 306 g/mol. The summed E-state index contributed by atoms with van der Waals surface area (Å²) in [7, 11) is 0. The number of thiazole rings is 1. The molecule has 1 aliphatic carbocycles. The van der Waals surface area contributed by atoms with Gasteiger partial charge in [-0.2, -0.15) is 0 Å². The lowest BCUT2D eigenvalue weighted by molar-refractivity contribution is 0.0916. The highest BCUT2D eigenvalue weighted by Gasteiger charge is 2.33. The van der Waals surface area contributed by atoms with Gasteiger partial charge in [0.25, 0.3) is 0 Å². The fraction of sp³-hybridized carbons (Fsp3) is 0.375. The van der Waals surface area contributed by atoms with Crippen LogP contribution in [0.5, 0.6) is 0 Å². The molecule has 0 aliphatic heterocycles. The number of carbonyl (C=O) groups excluding carboxylic acids is 1. The summed E-state index contributed by atoms with van der Waals surface area (Å²) >= 11 is 7.71. The first-order valence-electron chi connectivity index (χ1n) is 6.70. The molecule has 0 radical (unpaired) electrons. The first-order chi connectivity index (χ1) is 9.44. The molecule has 0 N–H and O–H groups in total. The van der Waals surface area contributed by atoms with Gasteiger partial charge in [-0.3, -0.25) is 4.79 Å². The summed E-state index contributed by atoms with van der Waals surface area (Å²) < 4.78 is 0. The standard InChI is InChI=1S/C16H16ClNOS/c1-16(2)8-12-15(13(19)9-16)20-14(18-12)7-10-5-3-4-6-11(10)17/h3-6H,7-9H2,1-2H3. The van der Waals surface area contributed by atoms with Crippen molar-refractivity contribution in [2.45, 2.75) is 33.1 Å². The van der Waals surface area contributed by atoms with Crippen LogP contribution in [-0.2, 0) is 12.8 Å². The minimum atomic E-state index is 0.0276. The number of hydrogen-bond acceptors (Lipinski definition) is 3. The predicted molar refractivity (Wildman–Crippen MR) is 82.8 cm³/mol. The zero-order valence-corrected chi connectivity index (χ0v) is 13.1. The summed E-state index contributed by atoms with van der Waals surface area (Å²) in [4.78, 5) is 17.7. The molecule has 0 saturated carbocycles. The van der Waals surface area contributed by atoms with Crippen molar-refractivity contribution in [3.05, 3.63) is 50.4 Å². The van der Waals surface area contributed by atoms with Crippen molar-refractivity contribution in [1.82, 2.24) is 4.98 Å². The Morgan fingerprint density at radius 2 is 2.05 bits per heavy atom. The van der Waals surface area contributed by atoms with Gasteiger partial charge < -0.3 is 0 Å². The van der Waals surface area contributed by atoms with E-state index in [1.54, 1.807) is 0 Å². The van der Waals surface area contributed by atoms with Gasteiger partial charge in [0.15, 0.2) is 5.78 Å². The Balaban J connectivity index is 1.91. The Labute approximate surface area is 127 Å². The molecule has 3 rings (SSSR count). The van der Waals surface area contributed by atoms with Gasteiger partial charge in [-0.05, 0) is 23.5 Å². The van der Waals surface area contributed by atoms with Gasteiger partial charge in [0.1, 0.15) is 0 Å². The molecule has 0 amide bonds. The van der Waals surface area contributed by atoms with Crippen LogP contribution in [-0.4, -0.2) is 10.8 Å². The van der Waals surface area contributed by atoms with E-state index in [0.29, 0.717) is 12.8 Å². The van der Waals surface area contributed by atoms with Gasteiger partial charge >= 0.3 is 0 Å². The van der Waals surface area contributed by atoms with Gasteiger partial charge in [-0.25, -0.2) is 4.98 Å². The molecule has 0 fully saturated rings. The monoisotopic (exact) mass is 305 g/mol. The van der Waals surface area contributed by atoms with Gasteiger partial charge in [0.05, 0.1) is 15.6 Å². The van der Waals surface area contributed by atoms with Crippen LogP contribution in [0.4, 0.5) is 0 Å². The molecule has 2 nitrogen and oxygen atoms in total. The van der Waals surface area contributed by atoms with Crippen molar-refractivity contribution < 1.29 is 4.79 Å². The van der Waals surface area contributed by atoms with Crippen LogP contribution in [0.2, 0.25) is 5.02 Å². The van der Waals surface area contributed by atoms with E-state index in [2.05, 4.69) is 18.8 Å². The van der Waals surface area contributed by atoms with E-state index in [0.717, 1.165) is 32.6 Å². The first-order valence-corrected chi connectivity index (χ1v) is 7.89. The molecule has 4 heteroatoms. The molecule has 0 spiro atoms. The van der Waals surface area contributed by atoms with Crippen molar-refractivity contribution in [2.75, 3.05) is 0 Å². The van der Waals surface area contributed by atoms with Gasteiger partial charge in [-0.15, -0.1) is 11.3 Å². The summed E-state index contributed by atoms with van der Waals surface area (Å²) in [5.41, 5.74) is 2.06. The van der Waals surface area contributed by atoms with E-state index >= 15 is 0 Å². The van der Waals surface area contributed by atoms with E-state index in [1.807, 2.05) is 24.3 Å². The second-order valence-corrected chi connectivity index (χ2v) is 7.58. The molecular weight excluding hydrogens is 290 g/mol. The van der Waals surface area contributed by atoms with E-state index < -0.39 is 0 Å². The van der Waals surface area contributed by atoms with E-state index in [1.165, 1.54) is 11.3 Å². The number of Topliss-reactive ketones (excluding diaryl/α,β-unsaturated/α-hetero) is 1. The fourth-order valence-electron chi connectivity index (χ4n) is 2.65. The predicted octanol–water partition coefficient (Wildman–Crippen LogP) is 4.54. The number of nitrogens with zero attached hydrogens (tertiary/aromatic N) is 1. The number of carbonyl (C=O) groups is 1. The highest BCUT2D eigenvalue weighted by molar-refractivity contribution is 7.13. The molecule has 1 aromatic heterocycles. The molecule has 0 saturated heterocycles. The zero-order chi connectivity index (χ0) is 14.3. The minimum Gasteiger partial charge on any atom is -0.293 e. The van der Waals surface area contributed by atoms with Crippen LogP contribution in [0, 0.1) is 5.41 Å².